The van der Waals surface area contributed by atoms with Crippen LogP contribution in [-0.4, -0.2) is 11.6 Å². The van der Waals surface area contributed by atoms with Gasteiger partial charge in [-0.3, -0.25) is 0 Å². The van der Waals surface area contributed by atoms with Gasteiger partial charge in [0.25, 0.3) is 0 Å². The van der Waals surface area contributed by atoms with Crippen molar-refractivity contribution in [2.24, 2.45) is 0 Å². The van der Waals surface area contributed by atoms with E-state index in [0.29, 0.717) is 6.61 Å². The number of para-hydroxylation sites is 1. The second-order valence-electron chi connectivity index (χ2n) is 4.27. The molecule has 19 heavy (non-hydrogen) atoms. The Morgan fingerprint density at radius 2 is 1.89 bits per heavy atom. The van der Waals surface area contributed by atoms with Gasteiger partial charge in [0.1, 0.15) is 0 Å². The third-order valence-corrected chi connectivity index (χ3v) is 2.92. The molecular formula is C17H25NO. The third kappa shape index (κ3) is 3.69. The third-order valence-electron chi connectivity index (χ3n) is 2.92. The van der Waals surface area contributed by atoms with Gasteiger partial charge in [0, 0.05) is 11.5 Å². The van der Waals surface area contributed by atoms with Crippen molar-refractivity contribution in [1.29, 1.82) is 0 Å². The Labute approximate surface area is 116 Å². The van der Waals surface area contributed by atoms with Gasteiger partial charge in [0.05, 0.1) is 12.1 Å². The van der Waals surface area contributed by atoms with Crippen LogP contribution in [0.5, 0.6) is 5.88 Å². The van der Waals surface area contributed by atoms with Gasteiger partial charge in [-0.05, 0) is 31.4 Å². The van der Waals surface area contributed by atoms with E-state index in [2.05, 4.69) is 37.0 Å². The van der Waals surface area contributed by atoms with Crippen LogP contribution in [-0.2, 0) is 6.42 Å². The van der Waals surface area contributed by atoms with E-state index in [1.165, 1.54) is 16.5 Å². The lowest BCUT2D eigenvalue weighted by Crippen LogP contribution is -1.97. The molecule has 0 aliphatic rings. The molecule has 0 saturated heterocycles. The smallest absolute Gasteiger partial charge is 0.214 e. The van der Waals surface area contributed by atoms with Crippen LogP contribution in [0.3, 0.4) is 0 Å². The molecule has 0 amide bonds. The van der Waals surface area contributed by atoms with Crippen LogP contribution in [0.4, 0.5) is 0 Å². The average Bonchev–Trinajstić information content (AvgIpc) is 2.43. The molecule has 2 nitrogen and oxygen atoms in total. The van der Waals surface area contributed by atoms with Crippen LogP contribution < -0.4 is 4.74 Å². The number of benzene rings is 1. The van der Waals surface area contributed by atoms with E-state index in [-0.39, 0.29) is 0 Å². The molecule has 0 atom stereocenters. The molecule has 1 aromatic carbocycles. The molecule has 0 bridgehead atoms. The van der Waals surface area contributed by atoms with Gasteiger partial charge >= 0.3 is 0 Å². The minimum absolute atomic E-state index is 0.661. The molecule has 1 aromatic heterocycles. The number of fused-ring (bicyclic) bond motifs is 1. The number of nitrogens with zero attached hydrogens (tertiary/aromatic N) is 1. The molecule has 1 heterocycles. The van der Waals surface area contributed by atoms with Crippen molar-refractivity contribution in [2.45, 2.75) is 47.5 Å². The van der Waals surface area contributed by atoms with Crippen LogP contribution in [0.1, 0.15) is 45.2 Å². The van der Waals surface area contributed by atoms with Crippen molar-refractivity contribution < 1.29 is 4.74 Å². The van der Waals surface area contributed by atoms with Crippen molar-refractivity contribution >= 4 is 10.9 Å². The topological polar surface area (TPSA) is 22.1 Å². The van der Waals surface area contributed by atoms with Crippen LogP contribution in [0.25, 0.3) is 10.9 Å². The summed E-state index contributed by atoms with van der Waals surface area (Å²) < 4.78 is 5.52. The summed E-state index contributed by atoms with van der Waals surface area (Å²) in [4.78, 5) is 4.62. The molecule has 2 aromatic rings. The molecule has 104 valence electrons. The molecule has 0 unspecified atom stereocenters. The highest BCUT2D eigenvalue weighted by molar-refractivity contribution is 5.85. The summed E-state index contributed by atoms with van der Waals surface area (Å²) in [6.45, 7) is 11.0. The van der Waals surface area contributed by atoms with E-state index in [4.69, 9.17) is 4.74 Å². The van der Waals surface area contributed by atoms with E-state index >= 15 is 0 Å². The van der Waals surface area contributed by atoms with Crippen molar-refractivity contribution in [3.8, 4) is 5.88 Å². The lowest BCUT2D eigenvalue weighted by molar-refractivity contribution is 0.328. The second-order valence-corrected chi connectivity index (χ2v) is 4.27. The minimum Gasteiger partial charge on any atom is -0.478 e. The summed E-state index contributed by atoms with van der Waals surface area (Å²) in [5, 5.41) is 1.24. The molecule has 0 aliphatic heterocycles. The van der Waals surface area contributed by atoms with Gasteiger partial charge in [-0.15, -0.1) is 0 Å². The zero-order chi connectivity index (χ0) is 14.3. The summed E-state index contributed by atoms with van der Waals surface area (Å²) in [5.41, 5.74) is 3.64. The molecule has 2 rings (SSSR count). The van der Waals surface area contributed by atoms with E-state index in [1.54, 1.807) is 0 Å². The van der Waals surface area contributed by atoms with Crippen molar-refractivity contribution in [3.05, 3.63) is 35.4 Å². The zero-order valence-electron chi connectivity index (χ0n) is 12.8. The van der Waals surface area contributed by atoms with Gasteiger partial charge in [-0.1, -0.05) is 45.4 Å². The van der Waals surface area contributed by atoms with Crippen LogP contribution in [0.2, 0.25) is 0 Å². The molecule has 0 spiro atoms. The number of rotatable bonds is 4. The molecule has 0 saturated carbocycles. The highest BCUT2D eigenvalue weighted by atomic mass is 16.5. The highest BCUT2D eigenvalue weighted by Gasteiger charge is 2.06. The van der Waals surface area contributed by atoms with Crippen molar-refractivity contribution in [2.75, 3.05) is 6.61 Å². The number of hydrogen-bond donors (Lipinski definition) is 0. The molecule has 0 N–H and O–H groups in total. The predicted molar refractivity (Wildman–Crippen MR) is 83.0 cm³/mol. The first kappa shape index (κ1) is 15.5. The van der Waals surface area contributed by atoms with E-state index in [1.807, 2.05) is 26.8 Å². The number of aromatic nitrogens is 1. The molecule has 0 fully saturated rings. The lowest BCUT2D eigenvalue weighted by atomic mass is 10.0. The Hall–Kier alpha value is -1.57. The van der Waals surface area contributed by atoms with Gasteiger partial charge in [-0.2, -0.15) is 0 Å². The Bertz CT molecular complexity index is 520. The maximum atomic E-state index is 5.52. The normalized spacial score (nSPS) is 9.95. The first-order valence-electron chi connectivity index (χ1n) is 7.28. The van der Waals surface area contributed by atoms with E-state index < -0.39 is 0 Å². The number of hydrogen-bond acceptors (Lipinski definition) is 2. The average molecular weight is 259 g/mol. The number of aryl methyl sites for hydroxylation is 2. The van der Waals surface area contributed by atoms with Crippen LogP contribution in [0, 0.1) is 6.92 Å². The highest BCUT2D eigenvalue weighted by Crippen LogP contribution is 2.25. The van der Waals surface area contributed by atoms with Crippen LogP contribution in [0.15, 0.2) is 24.3 Å². The molecular weight excluding hydrogens is 234 g/mol. The molecule has 2 heteroatoms. The summed E-state index contributed by atoms with van der Waals surface area (Å²) >= 11 is 0. The van der Waals surface area contributed by atoms with Gasteiger partial charge in [0.15, 0.2) is 0 Å². The maximum Gasteiger partial charge on any atom is 0.214 e. The molecule has 0 aliphatic carbocycles. The Balaban J connectivity index is 0.000000861. The summed E-state index contributed by atoms with van der Waals surface area (Å²) in [6, 6.07) is 8.42. The van der Waals surface area contributed by atoms with Crippen molar-refractivity contribution in [1.82, 2.24) is 4.98 Å². The first-order chi connectivity index (χ1) is 9.26. The van der Waals surface area contributed by atoms with Crippen molar-refractivity contribution in [3.63, 3.8) is 0 Å². The maximum absolute atomic E-state index is 5.52. The van der Waals surface area contributed by atoms with E-state index in [0.717, 1.165) is 24.2 Å². The number of pyridine rings is 1. The summed E-state index contributed by atoms with van der Waals surface area (Å²) in [7, 11) is 0. The standard InChI is InChI=1S/C15H19NO.C2H6/c1-4-7-12-8-6-9-13-11(3)10-14(17-5-2)16-15(12)13;1-2/h6,8-10H,4-5,7H2,1-3H3;1-2H3. The Morgan fingerprint density at radius 3 is 2.53 bits per heavy atom. The summed E-state index contributed by atoms with van der Waals surface area (Å²) in [5.74, 6) is 0.737. The quantitative estimate of drug-likeness (QED) is 0.777. The Morgan fingerprint density at radius 1 is 1.16 bits per heavy atom. The molecule has 0 radical (unpaired) electrons. The number of ether oxygens (including phenoxy) is 1. The largest absolute Gasteiger partial charge is 0.478 e. The fourth-order valence-electron chi connectivity index (χ4n) is 2.14. The van der Waals surface area contributed by atoms with Gasteiger partial charge in [0.2, 0.25) is 5.88 Å². The van der Waals surface area contributed by atoms with Gasteiger partial charge < -0.3 is 4.74 Å². The first-order valence-corrected chi connectivity index (χ1v) is 7.28. The predicted octanol–water partition coefficient (Wildman–Crippen LogP) is 4.92. The van der Waals surface area contributed by atoms with Gasteiger partial charge in [-0.25, -0.2) is 4.98 Å². The fraction of sp³-hybridized carbons (Fsp3) is 0.471. The van der Waals surface area contributed by atoms with E-state index in [9.17, 15) is 0 Å². The lowest BCUT2D eigenvalue weighted by Gasteiger charge is -2.10. The monoisotopic (exact) mass is 259 g/mol. The summed E-state index contributed by atoms with van der Waals surface area (Å²) in [6.07, 6.45) is 2.21. The van der Waals surface area contributed by atoms with Crippen LogP contribution >= 0.6 is 0 Å². The Kier molecular flexibility index (Phi) is 6.34. The minimum atomic E-state index is 0.661. The zero-order valence-corrected chi connectivity index (χ0v) is 12.8. The SMILES string of the molecule is CC.CCCc1cccc2c(C)cc(OCC)nc12. The second kappa shape index (κ2) is 7.78. The fourth-order valence-corrected chi connectivity index (χ4v) is 2.14.